The van der Waals surface area contributed by atoms with E-state index in [0.717, 1.165) is 25.7 Å². The Morgan fingerprint density at radius 3 is 2.55 bits per heavy atom. The Kier molecular flexibility index (Phi) is 1.42. The average Bonchev–Trinajstić information content (AvgIpc) is 2.70. The van der Waals surface area contributed by atoms with E-state index in [1.807, 2.05) is 0 Å². The van der Waals surface area contributed by atoms with Crippen LogP contribution in [-0.4, -0.2) is 23.3 Å². The molecule has 0 aromatic carbocycles. The van der Waals surface area contributed by atoms with E-state index >= 15 is 0 Å². The van der Waals surface area contributed by atoms with Crippen LogP contribution in [0.15, 0.2) is 0 Å². The van der Waals surface area contributed by atoms with Crippen molar-refractivity contribution in [1.29, 1.82) is 0 Å². The number of aliphatic carboxylic acids is 1. The fraction of sp³-hybridized carbons (Fsp3) is 0.875. The molecule has 1 spiro atoms. The number of carbonyl (C=O) groups is 1. The first-order valence-electron chi connectivity index (χ1n) is 4.09. The third kappa shape index (κ3) is 1.25. The first-order chi connectivity index (χ1) is 5.22. The van der Waals surface area contributed by atoms with Crippen LogP contribution < -0.4 is 0 Å². The van der Waals surface area contributed by atoms with Gasteiger partial charge in [-0.05, 0) is 25.7 Å². The Labute approximate surface area is 65.4 Å². The van der Waals surface area contributed by atoms with Crippen LogP contribution >= 0.6 is 0 Å². The van der Waals surface area contributed by atoms with Crippen molar-refractivity contribution in [2.24, 2.45) is 5.92 Å². The molecule has 1 unspecified atom stereocenters. The molecule has 0 bridgehead atoms. The topological polar surface area (TPSA) is 46.5 Å². The van der Waals surface area contributed by atoms with Crippen LogP contribution in [0.25, 0.3) is 0 Å². The van der Waals surface area contributed by atoms with E-state index in [1.165, 1.54) is 0 Å². The molecule has 11 heavy (non-hydrogen) atoms. The second-order valence-electron chi connectivity index (χ2n) is 3.57. The van der Waals surface area contributed by atoms with Crippen LogP contribution in [0.1, 0.15) is 25.7 Å². The predicted molar refractivity (Wildman–Crippen MR) is 38.3 cm³/mol. The van der Waals surface area contributed by atoms with E-state index in [2.05, 4.69) is 0 Å². The zero-order chi connectivity index (χ0) is 7.90. The minimum Gasteiger partial charge on any atom is -0.481 e. The van der Waals surface area contributed by atoms with Crippen LogP contribution in [0.3, 0.4) is 0 Å². The first kappa shape index (κ1) is 7.10. The number of carboxylic acids is 1. The summed E-state index contributed by atoms with van der Waals surface area (Å²) in [5, 5.41) is 8.65. The molecule has 1 aliphatic heterocycles. The third-order valence-corrected chi connectivity index (χ3v) is 2.70. The highest BCUT2D eigenvalue weighted by Crippen LogP contribution is 2.47. The molecule has 2 fully saturated rings. The second kappa shape index (κ2) is 2.21. The summed E-state index contributed by atoms with van der Waals surface area (Å²) in [6, 6.07) is 0. The van der Waals surface area contributed by atoms with E-state index < -0.39 is 5.97 Å². The van der Waals surface area contributed by atoms with Gasteiger partial charge in [-0.15, -0.1) is 0 Å². The lowest BCUT2D eigenvalue weighted by atomic mass is 9.97. The first-order valence-corrected chi connectivity index (χ1v) is 4.09. The molecule has 2 aliphatic rings. The van der Waals surface area contributed by atoms with E-state index in [9.17, 15) is 4.79 Å². The maximum atomic E-state index is 10.5. The lowest BCUT2D eigenvalue weighted by Gasteiger charge is -2.26. The lowest BCUT2D eigenvalue weighted by Crippen LogP contribution is -2.31. The van der Waals surface area contributed by atoms with Crippen molar-refractivity contribution in [2.45, 2.75) is 31.3 Å². The molecule has 2 rings (SSSR count). The molecule has 0 aromatic rings. The maximum Gasteiger partial charge on any atom is 0.308 e. The molecular formula is C8H12O3. The van der Waals surface area contributed by atoms with Crippen molar-refractivity contribution in [1.82, 2.24) is 0 Å². The van der Waals surface area contributed by atoms with E-state index in [-0.39, 0.29) is 11.5 Å². The van der Waals surface area contributed by atoms with Gasteiger partial charge >= 0.3 is 5.97 Å². The van der Waals surface area contributed by atoms with Crippen molar-refractivity contribution in [3.8, 4) is 0 Å². The predicted octanol–water partition coefficient (Wildman–Crippen LogP) is 1.03. The maximum absolute atomic E-state index is 10.5. The summed E-state index contributed by atoms with van der Waals surface area (Å²) >= 11 is 0. The lowest BCUT2D eigenvalue weighted by molar-refractivity contribution is -0.149. The van der Waals surface area contributed by atoms with Crippen LogP contribution in [0.2, 0.25) is 0 Å². The highest BCUT2D eigenvalue weighted by Gasteiger charge is 2.47. The summed E-state index contributed by atoms with van der Waals surface area (Å²) in [6.07, 6.45) is 4.03. The molecule has 0 amide bonds. The van der Waals surface area contributed by atoms with Gasteiger partial charge in [0, 0.05) is 0 Å². The van der Waals surface area contributed by atoms with Gasteiger partial charge in [-0.25, -0.2) is 0 Å². The van der Waals surface area contributed by atoms with Crippen molar-refractivity contribution in [3.63, 3.8) is 0 Å². The number of rotatable bonds is 1. The van der Waals surface area contributed by atoms with Crippen molar-refractivity contribution in [2.75, 3.05) is 6.61 Å². The van der Waals surface area contributed by atoms with Crippen molar-refractivity contribution < 1.29 is 14.6 Å². The summed E-state index contributed by atoms with van der Waals surface area (Å²) in [4.78, 5) is 10.5. The van der Waals surface area contributed by atoms with Gasteiger partial charge in [0.25, 0.3) is 0 Å². The van der Waals surface area contributed by atoms with Gasteiger partial charge in [-0.1, -0.05) is 0 Å². The van der Waals surface area contributed by atoms with Gasteiger partial charge in [0.05, 0.1) is 18.1 Å². The molecule has 1 aliphatic carbocycles. The number of hydrogen-bond acceptors (Lipinski definition) is 2. The van der Waals surface area contributed by atoms with Gasteiger partial charge in [0.2, 0.25) is 0 Å². The normalized spacial score (nSPS) is 33.6. The Balaban J connectivity index is 1.89. The smallest absolute Gasteiger partial charge is 0.308 e. The largest absolute Gasteiger partial charge is 0.481 e. The van der Waals surface area contributed by atoms with Gasteiger partial charge < -0.3 is 9.84 Å². The minimum atomic E-state index is -0.708. The highest BCUT2D eigenvalue weighted by atomic mass is 16.5. The summed E-state index contributed by atoms with van der Waals surface area (Å²) < 4.78 is 5.47. The van der Waals surface area contributed by atoms with Gasteiger partial charge in [-0.2, -0.15) is 0 Å². The molecule has 1 saturated heterocycles. The van der Waals surface area contributed by atoms with Gasteiger partial charge in [0.15, 0.2) is 0 Å². The second-order valence-corrected chi connectivity index (χ2v) is 3.57. The summed E-state index contributed by atoms with van der Waals surface area (Å²) in [5.41, 5.74) is 0.131. The summed E-state index contributed by atoms with van der Waals surface area (Å²) in [5.74, 6) is -0.957. The number of carboxylic acid groups (broad SMARTS) is 1. The Bertz CT molecular complexity index is 174. The molecule has 1 heterocycles. The molecule has 3 nitrogen and oxygen atoms in total. The fourth-order valence-corrected chi connectivity index (χ4v) is 1.60. The number of ether oxygens (including phenoxy) is 1. The SMILES string of the molecule is O=C(O)C1CCC2(CC2)OC1. The van der Waals surface area contributed by atoms with Crippen LogP contribution in [-0.2, 0) is 9.53 Å². The summed E-state index contributed by atoms with van der Waals surface area (Å²) in [6.45, 7) is 0.426. The molecule has 3 heteroatoms. The van der Waals surface area contributed by atoms with Crippen LogP contribution in [0.4, 0.5) is 0 Å². The fourth-order valence-electron chi connectivity index (χ4n) is 1.60. The zero-order valence-electron chi connectivity index (χ0n) is 6.38. The van der Waals surface area contributed by atoms with Crippen LogP contribution in [0.5, 0.6) is 0 Å². The average molecular weight is 156 g/mol. The standard InChI is InChI=1S/C8H12O3/c9-7(10)6-1-2-8(3-4-8)11-5-6/h6H,1-5H2,(H,9,10). The molecule has 1 saturated carbocycles. The Morgan fingerprint density at radius 2 is 2.18 bits per heavy atom. The molecular weight excluding hydrogens is 144 g/mol. The monoisotopic (exact) mass is 156 g/mol. The molecule has 0 aromatic heterocycles. The minimum absolute atomic E-state index is 0.131. The Hall–Kier alpha value is -0.570. The van der Waals surface area contributed by atoms with E-state index in [1.54, 1.807) is 0 Å². The van der Waals surface area contributed by atoms with Crippen LogP contribution in [0, 0.1) is 5.92 Å². The zero-order valence-corrected chi connectivity index (χ0v) is 6.38. The highest BCUT2D eigenvalue weighted by molar-refractivity contribution is 5.70. The van der Waals surface area contributed by atoms with Crippen molar-refractivity contribution in [3.05, 3.63) is 0 Å². The number of hydrogen-bond donors (Lipinski definition) is 1. The van der Waals surface area contributed by atoms with E-state index in [4.69, 9.17) is 9.84 Å². The molecule has 62 valence electrons. The molecule has 1 N–H and O–H groups in total. The molecule has 0 radical (unpaired) electrons. The summed E-state index contributed by atoms with van der Waals surface area (Å²) in [7, 11) is 0. The third-order valence-electron chi connectivity index (χ3n) is 2.70. The Morgan fingerprint density at radius 1 is 1.45 bits per heavy atom. The van der Waals surface area contributed by atoms with Gasteiger partial charge in [-0.3, -0.25) is 4.79 Å². The van der Waals surface area contributed by atoms with Gasteiger partial charge in [0.1, 0.15) is 0 Å². The van der Waals surface area contributed by atoms with E-state index in [0.29, 0.717) is 6.61 Å². The quantitative estimate of drug-likeness (QED) is 0.616. The molecule has 1 atom stereocenters. The van der Waals surface area contributed by atoms with Crippen molar-refractivity contribution >= 4 is 5.97 Å².